The van der Waals surface area contributed by atoms with Gasteiger partial charge in [-0.2, -0.15) is 13.2 Å². The molecule has 0 saturated carbocycles. The first-order chi connectivity index (χ1) is 13.0. The molecule has 2 N–H and O–H groups in total. The van der Waals surface area contributed by atoms with Crippen molar-refractivity contribution in [2.45, 2.75) is 18.2 Å². The van der Waals surface area contributed by atoms with E-state index in [4.69, 9.17) is 21.4 Å². The lowest BCUT2D eigenvalue weighted by atomic mass is 9.82. The molecule has 0 bridgehead atoms. The molecule has 2 aromatic carbocycles. The van der Waals surface area contributed by atoms with E-state index in [1.165, 1.54) is 30.3 Å². The Hall–Kier alpha value is -3.00. The van der Waals surface area contributed by atoms with Gasteiger partial charge in [-0.1, -0.05) is 23.7 Å². The zero-order valence-corrected chi connectivity index (χ0v) is 14.7. The highest BCUT2D eigenvalue weighted by Gasteiger charge is 2.63. The van der Waals surface area contributed by atoms with E-state index < -0.39 is 35.7 Å². The molecule has 146 valence electrons. The quantitative estimate of drug-likeness (QED) is 0.775. The lowest BCUT2D eigenvalue weighted by molar-refractivity contribution is -0.235. The van der Waals surface area contributed by atoms with Gasteiger partial charge in [0.05, 0.1) is 11.1 Å². The Bertz CT molecular complexity index is 982. The number of aromatic carboxylic acids is 1. The summed E-state index contributed by atoms with van der Waals surface area (Å²) in [4.78, 5) is 22.6. The van der Waals surface area contributed by atoms with Gasteiger partial charge in [-0.15, -0.1) is 0 Å². The number of aliphatic carboxylic acids is 1. The van der Waals surface area contributed by atoms with Gasteiger partial charge in [-0.05, 0) is 42.0 Å². The normalized spacial score (nSPS) is 18.6. The minimum atomic E-state index is -5.07. The number of alkyl halides is 3. The smallest absolute Gasteiger partial charge is 0.433 e. The molecule has 0 fully saturated rings. The van der Waals surface area contributed by atoms with E-state index in [0.29, 0.717) is 0 Å². The minimum Gasteiger partial charge on any atom is -0.478 e. The van der Waals surface area contributed by atoms with Crippen molar-refractivity contribution < 1.29 is 37.7 Å². The van der Waals surface area contributed by atoms with Crippen LogP contribution in [0.25, 0.3) is 6.08 Å². The molecule has 1 aliphatic heterocycles. The molecule has 1 aliphatic rings. The molecule has 0 radical (unpaired) electrons. The predicted octanol–water partition coefficient (Wildman–Crippen LogP) is 4.44. The van der Waals surface area contributed by atoms with Crippen LogP contribution < -0.4 is 4.74 Å². The molecular weight excluding hydrogens is 401 g/mol. The number of carboxylic acids is 2. The Labute approximate surface area is 161 Å². The molecule has 0 spiro atoms. The average Bonchev–Trinajstić information content (AvgIpc) is 2.60. The number of ether oxygens (including phenoxy) is 1. The van der Waals surface area contributed by atoms with Crippen LogP contribution in [0.15, 0.2) is 48.0 Å². The van der Waals surface area contributed by atoms with Crippen LogP contribution in [0, 0.1) is 0 Å². The fourth-order valence-electron chi connectivity index (χ4n) is 2.97. The van der Waals surface area contributed by atoms with Crippen LogP contribution in [-0.4, -0.2) is 33.9 Å². The van der Waals surface area contributed by atoms with Crippen LogP contribution in [0.2, 0.25) is 5.02 Å². The second-order valence-electron chi connectivity index (χ2n) is 6.15. The Morgan fingerprint density at radius 2 is 1.68 bits per heavy atom. The summed E-state index contributed by atoms with van der Waals surface area (Å²) in [5.41, 5.74) is -4.07. The van der Waals surface area contributed by atoms with E-state index in [0.717, 1.165) is 18.2 Å². The Balaban J connectivity index is 2.14. The summed E-state index contributed by atoms with van der Waals surface area (Å²) in [5, 5.41) is 18.6. The summed E-state index contributed by atoms with van der Waals surface area (Å²) < 4.78 is 47.6. The summed E-state index contributed by atoms with van der Waals surface area (Å²) in [6, 6.07) is 8.55. The van der Waals surface area contributed by atoms with Crippen molar-refractivity contribution in [3.05, 3.63) is 69.8 Å². The van der Waals surface area contributed by atoms with Gasteiger partial charge in [0.25, 0.3) is 0 Å². The third kappa shape index (κ3) is 3.43. The molecular formula is C19H12ClF3O5. The van der Waals surface area contributed by atoms with Gasteiger partial charge in [0, 0.05) is 17.0 Å². The standard InChI is InChI=1S/C19H12ClF3O5/c20-13-5-6-15-12(7-13)8-14(17(26)27)18(28-15,19(21,22)23)9-10-1-3-11(4-2-10)16(24)25/h1-8H,9H2,(H,24,25)(H,26,27). The van der Waals surface area contributed by atoms with Crippen molar-refractivity contribution in [2.24, 2.45) is 0 Å². The van der Waals surface area contributed by atoms with E-state index in [-0.39, 0.29) is 27.5 Å². The minimum absolute atomic E-state index is 0.0619. The highest BCUT2D eigenvalue weighted by molar-refractivity contribution is 6.30. The zero-order chi connectivity index (χ0) is 20.7. The van der Waals surface area contributed by atoms with E-state index in [1.807, 2.05) is 0 Å². The molecule has 9 heteroatoms. The topological polar surface area (TPSA) is 83.8 Å². The number of carbonyl (C=O) groups is 2. The molecule has 1 atom stereocenters. The number of benzene rings is 2. The molecule has 28 heavy (non-hydrogen) atoms. The van der Waals surface area contributed by atoms with Crippen LogP contribution in [-0.2, 0) is 11.2 Å². The fraction of sp³-hybridized carbons (Fsp3) is 0.158. The predicted molar refractivity (Wildman–Crippen MR) is 93.6 cm³/mol. The highest BCUT2D eigenvalue weighted by atomic mass is 35.5. The first-order valence-corrected chi connectivity index (χ1v) is 8.24. The molecule has 0 aliphatic carbocycles. The van der Waals surface area contributed by atoms with Gasteiger partial charge < -0.3 is 14.9 Å². The van der Waals surface area contributed by atoms with Crippen molar-refractivity contribution in [3.8, 4) is 5.75 Å². The van der Waals surface area contributed by atoms with Crippen molar-refractivity contribution in [1.82, 2.24) is 0 Å². The maximum atomic E-state index is 14.1. The second kappa shape index (κ2) is 6.87. The second-order valence-corrected chi connectivity index (χ2v) is 6.59. The summed E-state index contributed by atoms with van der Waals surface area (Å²) in [5.74, 6) is -3.18. The molecule has 5 nitrogen and oxygen atoms in total. The highest BCUT2D eigenvalue weighted by Crippen LogP contribution is 2.47. The molecule has 0 amide bonds. The van der Waals surface area contributed by atoms with Crippen LogP contribution in [0.4, 0.5) is 13.2 Å². The summed E-state index contributed by atoms with van der Waals surface area (Å²) >= 11 is 5.83. The van der Waals surface area contributed by atoms with E-state index >= 15 is 0 Å². The van der Waals surface area contributed by atoms with Gasteiger partial charge in [-0.25, -0.2) is 9.59 Å². The van der Waals surface area contributed by atoms with Gasteiger partial charge in [0.2, 0.25) is 5.60 Å². The molecule has 1 heterocycles. The Morgan fingerprint density at radius 3 is 2.21 bits per heavy atom. The number of hydrogen-bond donors (Lipinski definition) is 2. The number of carboxylic acid groups (broad SMARTS) is 2. The Morgan fingerprint density at radius 1 is 1.04 bits per heavy atom. The summed E-state index contributed by atoms with van der Waals surface area (Å²) in [7, 11) is 0. The first-order valence-electron chi connectivity index (χ1n) is 7.86. The molecule has 1 unspecified atom stereocenters. The fourth-order valence-corrected chi connectivity index (χ4v) is 3.15. The van der Waals surface area contributed by atoms with Crippen LogP contribution >= 0.6 is 11.6 Å². The third-order valence-corrected chi connectivity index (χ3v) is 4.57. The van der Waals surface area contributed by atoms with E-state index in [2.05, 4.69) is 0 Å². The monoisotopic (exact) mass is 412 g/mol. The number of halogens is 4. The van der Waals surface area contributed by atoms with Gasteiger partial charge in [0.15, 0.2) is 0 Å². The van der Waals surface area contributed by atoms with Crippen LogP contribution in [0.1, 0.15) is 21.5 Å². The third-order valence-electron chi connectivity index (χ3n) is 4.33. The molecule has 3 rings (SSSR count). The van der Waals surface area contributed by atoms with E-state index in [1.54, 1.807) is 0 Å². The number of hydrogen-bond acceptors (Lipinski definition) is 3. The molecule has 2 aromatic rings. The lowest BCUT2D eigenvalue weighted by Gasteiger charge is -2.39. The number of rotatable bonds is 4. The zero-order valence-electron chi connectivity index (χ0n) is 14.0. The van der Waals surface area contributed by atoms with E-state index in [9.17, 15) is 27.9 Å². The maximum Gasteiger partial charge on any atom is 0.433 e. The SMILES string of the molecule is O=C(O)C1=Cc2cc(Cl)ccc2OC1(Cc1ccc(C(=O)O)cc1)C(F)(F)F. The van der Waals surface area contributed by atoms with Gasteiger partial charge >= 0.3 is 18.1 Å². The largest absolute Gasteiger partial charge is 0.478 e. The summed E-state index contributed by atoms with van der Waals surface area (Å²) in [6.07, 6.45) is -5.03. The average molecular weight is 413 g/mol. The van der Waals surface area contributed by atoms with Gasteiger partial charge in [0.1, 0.15) is 5.75 Å². The Kier molecular flexibility index (Phi) is 4.84. The van der Waals surface area contributed by atoms with Crippen molar-refractivity contribution in [1.29, 1.82) is 0 Å². The first kappa shape index (κ1) is 19.8. The maximum absolute atomic E-state index is 14.1. The molecule has 0 saturated heterocycles. The van der Waals surface area contributed by atoms with Crippen LogP contribution in [0.3, 0.4) is 0 Å². The summed E-state index contributed by atoms with van der Waals surface area (Å²) in [6.45, 7) is 0. The van der Waals surface area contributed by atoms with Crippen LogP contribution in [0.5, 0.6) is 5.75 Å². The lowest BCUT2D eigenvalue weighted by Crippen LogP contribution is -2.56. The van der Waals surface area contributed by atoms with Crippen molar-refractivity contribution in [3.63, 3.8) is 0 Å². The van der Waals surface area contributed by atoms with Crippen molar-refractivity contribution in [2.75, 3.05) is 0 Å². The van der Waals surface area contributed by atoms with Gasteiger partial charge in [-0.3, -0.25) is 0 Å². The molecule has 0 aromatic heterocycles. The van der Waals surface area contributed by atoms with Crippen molar-refractivity contribution >= 4 is 29.6 Å². The number of fused-ring (bicyclic) bond motifs is 1.